The van der Waals surface area contributed by atoms with E-state index in [1.165, 1.54) is 65.5 Å². The van der Waals surface area contributed by atoms with Crippen LogP contribution in [0.4, 0.5) is 0 Å². The van der Waals surface area contributed by atoms with Gasteiger partial charge in [0.2, 0.25) is 0 Å². The molecule has 0 unspecified atom stereocenters. The topological polar surface area (TPSA) is 25.8 Å². The number of fused-ring (bicyclic) bond motifs is 4. The standard InChI is InChI=1S/C44H28N2/c1-2-10-35-28-46-42(26-31(35)9-1)29-18-20-30(21-19-29)43-38-13-3-5-15-40(38)44(41-16-6-4-14-39(41)43)37-17-7-11-33-25-32(22-23-36(33)37)34-12-8-24-45-27-34/h1-28H. The highest BCUT2D eigenvalue weighted by molar-refractivity contribution is 6.23. The van der Waals surface area contributed by atoms with E-state index in [0.717, 1.165) is 22.2 Å². The summed E-state index contributed by atoms with van der Waals surface area (Å²) in [7, 11) is 0. The van der Waals surface area contributed by atoms with E-state index in [4.69, 9.17) is 4.98 Å². The lowest BCUT2D eigenvalue weighted by Gasteiger charge is -2.19. The molecule has 2 heteroatoms. The predicted octanol–water partition coefficient (Wildman–Crippen LogP) is 11.8. The first kappa shape index (κ1) is 26.3. The zero-order chi connectivity index (χ0) is 30.5. The normalized spacial score (nSPS) is 11.5. The average molecular weight is 585 g/mol. The molecule has 0 bridgehead atoms. The fourth-order valence-corrected chi connectivity index (χ4v) is 6.99. The first-order valence-electron chi connectivity index (χ1n) is 15.6. The van der Waals surface area contributed by atoms with Crippen LogP contribution in [0.1, 0.15) is 0 Å². The summed E-state index contributed by atoms with van der Waals surface area (Å²) in [5.41, 5.74) is 9.36. The van der Waals surface area contributed by atoms with Crippen molar-refractivity contribution in [1.82, 2.24) is 9.97 Å². The van der Waals surface area contributed by atoms with Gasteiger partial charge in [0.15, 0.2) is 0 Å². The second kappa shape index (κ2) is 10.8. The maximum atomic E-state index is 4.77. The summed E-state index contributed by atoms with van der Waals surface area (Å²) in [5.74, 6) is 0. The van der Waals surface area contributed by atoms with Crippen molar-refractivity contribution < 1.29 is 0 Å². The van der Waals surface area contributed by atoms with Gasteiger partial charge in [-0.2, -0.15) is 0 Å². The Bertz CT molecular complexity index is 2510. The van der Waals surface area contributed by atoms with Gasteiger partial charge in [0.25, 0.3) is 0 Å². The molecule has 0 aliphatic heterocycles. The number of pyridine rings is 2. The first-order chi connectivity index (χ1) is 22.8. The molecule has 2 nitrogen and oxygen atoms in total. The number of hydrogen-bond donors (Lipinski definition) is 0. The highest BCUT2D eigenvalue weighted by Gasteiger charge is 2.18. The van der Waals surface area contributed by atoms with Crippen LogP contribution < -0.4 is 0 Å². The Morgan fingerprint density at radius 2 is 0.978 bits per heavy atom. The van der Waals surface area contributed by atoms with E-state index >= 15 is 0 Å². The number of aromatic nitrogens is 2. The Morgan fingerprint density at radius 3 is 1.70 bits per heavy atom. The molecule has 0 saturated heterocycles. The molecule has 9 rings (SSSR count). The Balaban J connectivity index is 1.23. The molecule has 0 spiro atoms. The molecule has 7 aromatic carbocycles. The number of rotatable bonds is 4. The van der Waals surface area contributed by atoms with E-state index < -0.39 is 0 Å². The zero-order valence-corrected chi connectivity index (χ0v) is 25.1. The maximum Gasteiger partial charge on any atom is 0.0708 e. The summed E-state index contributed by atoms with van der Waals surface area (Å²) in [6.45, 7) is 0. The van der Waals surface area contributed by atoms with Crippen LogP contribution >= 0.6 is 0 Å². The van der Waals surface area contributed by atoms with Crippen LogP contribution in [-0.4, -0.2) is 9.97 Å². The van der Waals surface area contributed by atoms with Crippen molar-refractivity contribution in [2.75, 3.05) is 0 Å². The molecular weight excluding hydrogens is 556 g/mol. The lowest BCUT2D eigenvalue weighted by Crippen LogP contribution is -1.92. The van der Waals surface area contributed by atoms with Crippen LogP contribution in [0.15, 0.2) is 170 Å². The van der Waals surface area contributed by atoms with Gasteiger partial charge in [-0.15, -0.1) is 0 Å². The van der Waals surface area contributed by atoms with Crippen molar-refractivity contribution in [3.05, 3.63) is 170 Å². The lowest BCUT2D eigenvalue weighted by molar-refractivity contribution is 1.33. The van der Waals surface area contributed by atoms with Crippen molar-refractivity contribution in [1.29, 1.82) is 0 Å². The minimum atomic E-state index is 0.984. The Morgan fingerprint density at radius 1 is 0.348 bits per heavy atom. The van der Waals surface area contributed by atoms with E-state index in [0.29, 0.717) is 0 Å². The lowest BCUT2D eigenvalue weighted by atomic mass is 9.84. The largest absolute Gasteiger partial charge is 0.264 e. The third-order valence-electron chi connectivity index (χ3n) is 9.18. The molecule has 2 heterocycles. The average Bonchev–Trinajstić information content (AvgIpc) is 3.13. The summed E-state index contributed by atoms with van der Waals surface area (Å²) in [6.07, 6.45) is 5.71. The maximum absolute atomic E-state index is 4.77. The molecule has 0 aliphatic carbocycles. The van der Waals surface area contributed by atoms with Gasteiger partial charge in [0.05, 0.1) is 5.69 Å². The summed E-state index contributed by atoms with van der Waals surface area (Å²) >= 11 is 0. The Kier molecular flexibility index (Phi) is 6.17. The van der Waals surface area contributed by atoms with Crippen molar-refractivity contribution in [2.45, 2.75) is 0 Å². The third-order valence-corrected chi connectivity index (χ3v) is 9.18. The fourth-order valence-electron chi connectivity index (χ4n) is 6.99. The van der Waals surface area contributed by atoms with Gasteiger partial charge in [0.1, 0.15) is 0 Å². The van der Waals surface area contributed by atoms with E-state index in [1.54, 1.807) is 0 Å². The first-order valence-corrected chi connectivity index (χ1v) is 15.6. The van der Waals surface area contributed by atoms with Crippen molar-refractivity contribution in [3.63, 3.8) is 0 Å². The minimum absolute atomic E-state index is 0.984. The van der Waals surface area contributed by atoms with Crippen molar-refractivity contribution in [3.8, 4) is 44.6 Å². The van der Waals surface area contributed by atoms with Crippen LogP contribution in [0, 0.1) is 0 Å². The molecule has 46 heavy (non-hydrogen) atoms. The SMILES string of the molecule is c1cncc(-c2ccc3c(-c4c5ccccc5c(-c5ccc(-c6cc7ccccc7cn6)cc5)c5ccccc45)cccc3c2)c1. The Hall–Kier alpha value is -6.12. The predicted molar refractivity (Wildman–Crippen MR) is 194 cm³/mol. The summed E-state index contributed by atoms with van der Waals surface area (Å²) in [5, 5.41) is 9.81. The highest BCUT2D eigenvalue weighted by atomic mass is 14.7. The summed E-state index contributed by atoms with van der Waals surface area (Å²) < 4.78 is 0. The monoisotopic (exact) mass is 584 g/mol. The molecule has 0 fully saturated rings. The fraction of sp³-hybridized carbons (Fsp3) is 0. The molecule has 0 amide bonds. The Labute approximate surface area is 267 Å². The number of hydrogen-bond acceptors (Lipinski definition) is 2. The third kappa shape index (κ3) is 4.35. The van der Waals surface area contributed by atoms with Gasteiger partial charge in [-0.1, -0.05) is 133 Å². The summed E-state index contributed by atoms with van der Waals surface area (Å²) in [6, 6.07) is 54.7. The van der Waals surface area contributed by atoms with Gasteiger partial charge in [-0.25, -0.2) is 0 Å². The highest BCUT2D eigenvalue weighted by Crippen LogP contribution is 2.45. The van der Waals surface area contributed by atoms with E-state index in [-0.39, 0.29) is 0 Å². The second-order valence-electron chi connectivity index (χ2n) is 11.8. The van der Waals surface area contributed by atoms with Crippen molar-refractivity contribution >= 4 is 43.1 Å². The minimum Gasteiger partial charge on any atom is -0.264 e. The molecule has 0 saturated carbocycles. The van der Waals surface area contributed by atoms with Crippen LogP contribution in [0.25, 0.3) is 87.7 Å². The van der Waals surface area contributed by atoms with E-state index in [2.05, 4.69) is 151 Å². The van der Waals surface area contributed by atoms with Gasteiger partial charge in [-0.05, 0) is 83.7 Å². The molecular formula is C44H28N2. The van der Waals surface area contributed by atoms with Crippen molar-refractivity contribution in [2.24, 2.45) is 0 Å². The van der Waals surface area contributed by atoms with Gasteiger partial charge >= 0.3 is 0 Å². The molecule has 0 atom stereocenters. The van der Waals surface area contributed by atoms with Crippen LogP contribution in [0.3, 0.4) is 0 Å². The van der Waals surface area contributed by atoms with Gasteiger partial charge in [0, 0.05) is 35.1 Å². The molecule has 9 aromatic rings. The molecule has 0 N–H and O–H groups in total. The molecule has 0 aliphatic rings. The quantitative estimate of drug-likeness (QED) is 0.192. The van der Waals surface area contributed by atoms with Crippen LogP contribution in [0.5, 0.6) is 0 Å². The number of nitrogens with zero attached hydrogens (tertiary/aromatic N) is 2. The summed E-state index contributed by atoms with van der Waals surface area (Å²) in [4.78, 5) is 9.10. The molecule has 214 valence electrons. The van der Waals surface area contributed by atoms with E-state index in [1.807, 2.05) is 24.7 Å². The zero-order valence-electron chi connectivity index (χ0n) is 25.1. The van der Waals surface area contributed by atoms with E-state index in [9.17, 15) is 0 Å². The molecule has 0 radical (unpaired) electrons. The number of benzene rings is 7. The molecule has 2 aromatic heterocycles. The van der Waals surface area contributed by atoms with Crippen LogP contribution in [0.2, 0.25) is 0 Å². The smallest absolute Gasteiger partial charge is 0.0708 e. The van der Waals surface area contributed by atoms with Gasteiger partial charge < -0.3 is 0 Å². The van der Waals surface area contributed by atoms with Gasteiger partial charge in [-0.3, -0.25) is 9.97 Å². The second-order valence-corrected chi connectivity index (χ2v) is 11.8. The van der Waals surface area contributed by atoms with Crippen LogP contribution in [-0.2, 0) is 0 Å².